The Morgan fingerprint density at radius 2 is 1.60 bits per heavy atom. The smallest absolute Gasteiger partial charge is 0.120 e. The van der Waals surface area contributed by atoms with Crippen LogP contribution in [0, 0.1) is 0 Å². The highest BCUT2D eigenvalue weighted by atomic mass is 16.5. The van der Waals surface area contributed by atoms with Gasteiger partial charge in [-0.15, -0.1) is 0 Å². The van der Waals surface area contributed by atoms with E-state index in [1.54, 1.807) is 7.11 Å². The Balaban J connectivity index is 2.72. The van der Waals surface area contributed by atoms with E-state index in [4.69, 9.17) is 9.47 Å². The van der Waals surface area contributed by atoms with Crippen LogP contribution in [0.15, 0.2) is 24.3 Å². The van der Waals surface area contributed by atoms with Gasteiger partial charge in [-0.2, -0.15) is 0 Å². The topological polar surface area (TPSA) is 18.5 Å². The molecule has 0 saturated carbocycles. The molecular weight excluding hydrogens is 188 g/mol. The molecule has 0 N–H and O–H groups in total. The molecule has 1 aromatic rings. The van der Waals surface area contributed by atoms with Crippen molar-refractivity contribution in [2.24, 2.45) is 0 Å². The highest BCUT2D eigenvalue weighted by Crippen LogP contribution is 2.22. The first kappa shape index (κ1) is 12.1. The molecule has 0 spiro atoms. The molecule has 2 heteroatoms. The molecule has 0 fully saturated rings. The van der Waals surface area contributed by atoms with Crippen molar-refractivity contribution < 1.29 is 9.47 Å². The fourth-order valence-electron chi connectivity index (χ4n) is 1.30. The van der Waals surface area contributed by atoms with Crippen LogP contribution >= 0.6 is 0 Å². The Labute approximate surface area is 92.2 Å². The van der Waals surface area contributed by atoms with Gasteiger partial charge < -0.3 is 9.47 Å². The highest BCUT2D eigenvalue weighted by Gasteiger charge is 2.11. The van der Waals surface area contributed by atoms with E-state index in [0.29, 0.717) is 0 Å². The van der Waals surface area contributed by atoms with E-state index in [0.717, 1.165) is 5.75 Å². The molecule has 0 aliphatic heterocycles. The monoisotopic (exact) mass is 208 g/mol. The minimum Gasteiger partial charge on any atom is -0.488 e. The minimum absolute atomic E-state index is 0.133. The second-order valence-corrected chi connectivity index (χ2v) is 4.66. The van der Waals surface area contributed by atoms with Crippen LogP contribution in [0.5, 0.6) is 5.75 Å². The summed E-state index contributed by atoms with van der Waals surface area (Å²) in [7, 11) is 1.71. The van der Waals surface area contributed by atoms with Crippen molar-refractivity contribution in [2.75, 3.05) is 7.11 Å². The maximum Gasteiger partial charge on any atom is 0.120 e. The third kappa shape index (κ3) is 3.92. The Bertz CT molecular complexity index is 295. The van der Waals surface area contributed by atoms with Gasteiger partial charge in [0.1, 0.15) is 11.4 Å². The van der Waals surface area contributed by atoms with Crippen LogP contribution in [0.4, 0.5) is 0 Å². The van der Waals surface area contributed by atoms with Crippen LogP contribution in [-0.4, -0.2) is 12.7 Å². The maximum absolute atomic E-state index is 5.73. The van der Waals surface area contributed by atoms with Gasteiger partial charge in [-0.05, 0) is 45.4 Å². The predicted octanol–water partition coefficient (Wildman–Crippen LogP) is 3.57. The molecule has 0 aromatic heterocycles. The molecule has 1 atom stereocenters. The van der Waals surface area contributed by atoms with Gasteiger partial charge in [0.05, 0.1) is 6.10 Å². The number of hydrogen-bond acceptors (Lipinski definition) is 2. The quantitative estimate of drug-likeness (QED) is 0.756. The third-order valence-corrected chi connectivity index (χ3v) is 2.13. The molecule has 0 aliphatic rings. The predicted molar refractivity (Wildman–Crippen MR) is 62.2 cm³/mol. The van der Waals surface area contributed by atoms with Crippen LogP contribution in [-0.2, 0) is 4.74 Å². The second-order valence-electron chi connectivity index (χ2n) is 4.66. The zero-order valence-corrected chi connectivity index (χ0v) is 10.2. The minimum atomic E-state index is -0.144. The van der Waals surface area contributed by atoms with E-state index in [1.807, 2.05) is 52.0 Å². The number of benzene rings is 1. The normalized spacial score (nSPS) is 13.7. The van der Waals surface area contributed by atoms with Gasteiger partial charge in [0.15, 0.2) is 0 Å². The van der Waals surface area contributed by atoms with Crippen molar-refractivity contribution in [2.45, 2.75) is 39.4 Å². The molecule has 2 nitrogen and oxygen atoms in total. The zero-order valence-electron chi connectivity index (χ0n) is 10.2. The highest BCUT2D eigenvalue weighted by molar-refractivity contribution is 5.28. The molecule has 1 aromatic carbocycles. The van der Waals surface area contributed by atoms with E-state index in [1.165, 1.54) is 5.56 Å². The van der Waals surface area contributed by atoms with Crippen molar-refractivity contribution in [1.29, 1.82) is 0 Å². The molecule has 0 heterocycles. The molecular formula is C13H20O2. The van der Waals surface area contributed by atoms with Gasteiger partial charge in [-0.1, -0.05) is 12.1 Å². The van der Waals surface area contributed by atoms with Crippen LogP contribution < -0.4 is 4.74 Å². The van der Waals surface area contributed by atoms with Crippen molar-refractivity contribution >= 4 is 0 Å². The number of methoxy groups -OCH3 is 1. The van der Waals surface area contributed by atoms with Gasteiger partial charge in [0.2, 0.25) is 0 Å². The summed E-state index contributed by atoms with van der Waals surface area (Å²) in [6, 6.07) is 8.04. The van der Waals surface area contributed by atoms with E-state index >= 15 is 0 Å². The molecule has 0 unspecified atom stereocenters. The van der Waals surface area contributed by atoms with Crippen LogP contribution in [0.1, 0.15) is 39.4 Å². The lowest BCUT2D eigenvalue weighted by Crippen LogP contribution is -2.22. The lowest BCUT2D eigenvalue weighted by atomic mass is 10.1. The summed E-state index contributed by atoms with van der Waals surface area (Å²) >= 11 is 0. The van der Waals surface area contributed by atoms with Gasteiger partial charge >= 0.3 is 0 Å². The van der Waals surface area contributed by atoms with E-state index in [9.17, 15) is 0 Å². The van der Waals surface area contributed by atoms with Gasteiger partial charge in [0.25, 0.3) is 0 Å². The first-order chi connectivity index (χ1) is 6.92. The summed E-state index contributed by atoms with van der Waals surface area (Å²) in [5.74, 6) is 0.898. The fraction of sp³-hybridized carbons (Fsp3) is 0.538. The van der Waals surface area contributed by atoms with Crippen LogP contribution in [0.3, 0.4) is 0 Å². The Morgan fingerprint density at radius 1 is 1.07 bits per heavy atom. The summed E-state index contributed by atoms with van der Waals surface area (Å²) in [6.07, 6.45) is 0.133. The maximum atomic E-state index is 5.73. The largest absolute Gasteiger partial charge is 0.488 e. The van der Waals surface area contributed by atoms with Crippen LogP contribution in [0.25, 0.3) is 0 Å². The molecule has 0 saturated heterocycles. The molecule has 0 radical (unpaired) electrons. The van der Waals surface area contributed by atoms with Crippen LogP contribution in [0.2, 0.25) is 0 Å². The van der Waals surface area contributed by atoms with E-state index in [-0.39, 0.29) is 11.7 Å². The Morgan fingerprint density at radius 3 is 2.00 bits per heavy atom. The zero-order chi connectivity index (χ0) is 11.5. The molecule has 84 valence electrons. The summed E-state index contributed by atoms with van der Waals surface area (Å²) in [4.78, 5) is 0. The van der Waals surface area contributed by atoms with Crippen molar-refractivity contribution in [3.8, 4) is 5.75 Å². The average Bonchev–Trinajstić information content (AvgIpc) is 2.15. The molecule has 0 aliphatic carbocycles. The standard InChI is InChI=1S/C13H20O2/c1-10(14-5)11-6-8-12(9-7-11)15-13(2,3)4/h6-10H,1-5H3/t10-/m0/s1. The Hall–Kier alpha value is -1.02. The van der Waals surface area contributed by atoms with Gasteiger partial charge in [0, 0.05) is 7.11 Å². The van der Waals surface area contributed by atoms with E-state index < -0.39 is 0 Å². The Kier molecular flexibility index (Phi) is 3.75. The van der Waals surface area contributed by atoms with E-state index in [2.05, 4.69) is 0 Å². The first-order valence-corrected chi connectivity index (χ1v) is 5.24. The van der Waals surface area contributed by atoms with Crippen molar-refractivity contribution in [3.05, 3.63) is 29.8 Å². The second kappa shape index (κ2) is 4.67. The summed E-state index contributed by atoms with van der Waals surface area (Å²) < 4.78 is 11.0. The molecule has 0 amide bonds. The number of ether oxygens (including phenoxy) is 2. The SMILES string of the molecule is CO[C@@H](C)c1ccc(OC(C)(C)C)cc1. The summed E-state index contributed by atoms with van der Waals surface area (Å²) in [5, 5.41) is 0. The van der Waals surface area contributed by atoms with Crippen molar-refractivity contribution in [1.82, 2.24) is 0 Å². The summed E-state index contributed by atoms with van der Waals surface area (Å²) in [6.45, 7) is 8.15. The lowest BCUT2D eigenvalue weighted by molar-refractivity contribution is 0.118. The molecule has 15 heavy (non-hydrogen) atoms. The average molecular weight is 208 g/mol. The number of hydrogen-bond donors (Lipinski definition) is 0. The fourth-order valence-corrected chi connectivity index (χ4v) is 1.30. The van der Waals surface area contributed by atoms with Gasteiger partial charge in [-0.25, -0.2) is 0 Å². The summed E-state index contributed by atoms with van der Waals surface area (Å²) in [5.41, 5.74) is 1.02. The lowest BCUT2D eigenvalue weighted by Gasteiger charge is -2.21. The molecule has 1 rings (SSSR count). The first-order valence-electron chi connectivity index (χ1n) is 5.24. The third-order valence-electron chi connectivity index (χ3n) is 2.13. The molecule has 0 bridgehead atoms. The van der Waals surface area contributed by atoms with Crippen molar-refractivity contribution in [3.63, 3.8) is 0 Å². The van der Waals surface area contributed by atoms with Gasteiger partial charge in [-0.3, -0.25) is 0 Å². The number of rotatable bonds is 3.